The summed E-state index contributed by atoms with van der Waals surface area (Å²) in [5.41, 5.74) is 1.30. The van der Waals surface area contributed by atoms with Crippen LogP contribution in [0.5, 0.6) is 5.75 Å². The van der Waals surface area contributed by atoms with Crippen LogP contribution in [0.25, 0.3) is 11.3 Å². The summed E-state index contributed by atoms with van der Waals surface area (Å²) < 4.78 is 81.4. The molecule has 2 heterocycles. The Hall–Kier alpha value is -4.04. The van der Waals surface area contributed by atoms with Gasteiger partial charge in [-0.15, -0.1) is 0 Å². The fourth-order valence-corrected chi connectivity index (χ4v) is 3.90. The monoisotopic (exact) mass is 537 g/mol. The van der Waals surface area contributed by atoms with Gasteiger partial charge in [0.15, 0.2) is 11.6 Å². The molecule has 0 spiro atoms. The average molecular weight is 538 g/mol. The van der Waals surface area contributed by atoms with Gasteiger partial charge in [0.1, 0.15) is 23.4 Å². The number of nitrogens with zero attached hydrogens (tertiary/aromatic N) is 2. The highest BCUT2D eigenvalue weighted by Crippen LogP contribution is 2.35. The quantitative estimate of drug-likeness (QED) is 0.244. The summed E-state index contributed by atoms with van der Waals surface area (Å²) in [5, 5.41) is 13.8. The van der Waals surface area contributed by atoms with Gasteiger partial charge in [0, 0.05) is 24.8 Å². The molecule has 196 valence electrons. The lowest BCUT2D eigenvalue weighted by molar-refractivity contribution is 0.0815. The summed E-state index contributed by atoms with van der Waals surface area (Å²) in [5.74, 6) is -2.72. The van der Waals surface area contributed by atoms with E-state index in [1.165, 1.54) is 49.6 Å². The average Bonchev–Trinajstić information content (AvgIpc) is 3.49. The number of benzene rings is 2. The van der Waals surface area contributed by atoms with Crippen molar-refractivity contribution in [2.75, 3.05) is 23.8 Å². The van der Waals surface area contributed by atoms with Gasteiger partial charge in [0.2, 0.25) is 0 Å². The Labute approximate surface area is 209 Å². The highest BCUT2D eigenvalue weighted by Gasteiger charge is 2.26. The molecule has 0 amide bonds. The number of aromatic amines is 1. The summed E-state index contributed by atoms with van der Waals surface area (Å²) >= 11 is 0. The van der Waals surface area contributed by atoms with E-state index in [1.54, 1.807) is 19.1 Å². The predicted molar refractivity (Wildman–Crippen MR) is 129 cm³/mol. The minimum absolute atomic E-state index is 0.00609. The Balaban J connectivity index is 1.68. The van der Waals surface area contributed by atoms with Crippen LogP contribution in [0.4, 0.5) is 30.5 Å². The number of nitrogens with one attached hydrogen (secondary N) is 3. The first-order valence-electron chi connectivity index (χ1n) is 10.8. The molecule has 1 atom stereocenters. The first kappa shape index (κ1) is 26.0. The molecule has 10 nitrogen and oxygen atoms in total. The smallest absolute Gasteiger partial charge is 0.355 e. The fourth-order valence-electron chi connectivity index (χ4n) is 3.34. The first-order chi connectivity index (χ1) is 17.6. The second kappa shape index (κ2) is 10.9. The lowest BCUT2D eigenvalue weighted by Crippen LogP contribution is -2.21. The lowest BCUT2D eigenvalue weighted by atomic mass is 10.1. The summed E-state index contributed by atoms with van der Waals surface area (Å²) in [7, 11) is -3.57. The maximum absolute atomic E-state index is 13.4. The summed E-state index contributed by atoms with van der Waals surface area (Å²) in [4.78, 5) is 0. The van der Waals surface area contributed by atoms with Crippen molar-refractivity contribution >= 4 is 27.3 Å². The Morgan fingerprint density at radius 3 is 2.49 bits per heavy atom. The van der Waals surface area contributed by atoms with Gasteiger partial charge in [-0.2, -0.15) is 13.9 Å². The summed E-state index contributed by atoms with van der Waals surface area (Å²) in [6.45, 7) is 1.74. The summed E-state index contributed by atoms with van der Waals surface area (Å²) in [6.07, 6.45) is -0.815. The van der Waals surface area contributed by atoms with Gasteiger partial charge in [-0.05, 0) is 36.8 Å². The van der Waals surface area contributed by atoms with Crippen LogP contribution in [0.2, 0.25) is 0 Å². The van der Waals surface area contributed by atoms with Crippen LogP contribution in [-0.2, 0) is 14.8 Å². The van der Waals surface area contributed by atoms with Crippen LogP contribution in [0.15, 0.2) is 59.1 Å². The van der Waals surface area contributed by atoms with Gasteiger partial charge in [-0.3, -0.25) is 9.82 Å². The minimum Gasteiger partial charge on any atom is -0.481 e. The van der Waals surface area contributed by atoms with E-state index in [4.69, 9.17) is 14.0 Å². The van der Waals surface area contributed by atoms with Crippen LogP contribution in [-0.4, -0.2) is 43.2 Å². The van der Waals surface area contributed by atoms with Gasteiger partial charge in [0.25, 0.3) is 10.0 Å². The zero-order chi connectivity index (χ0) is 26.6. The van der Waals surface area contributed by atoms with Gasteiger partial charge in [-0.1, -0.05) is 23.4 Å². The van der Waals surface area contributed by atoms with E-state index in [9.17, 15) is 21.6 Å². The van der Waals surface area contributed by atoms with Crippen molar-refractivity contribution < 1.29 is 35.6 Å². The Morgan fingerprint density at radius 1 is 1.08 bits per heavy atom. The standard InChI is InChI=1S/C23H22F3N5O5S/c1-13-9-22(30-36-13)27-21-11-18(28-29-21)15-5-8-17(31-37(32,33)23(25)26)19(10-15)35-20(12-34-2)14-3-6-16(24)7-4-14/h3-11,20,23,31H,12H2,1-2H3,(H2,27,28,29,30). The van der Waals surface area contributed by atoms with Gasteiger partial charge < -0.3 is 19.3 Å². The normalized spacial score (nSPS) is 12.5. The lowest BCUT2D eigenvalue weighted by Gasteiger charge is -2.22. The molecule has 0 aliphatic heterocycles. The number of sulfonamides is 1. The van der Waals surface area contributed by atoms with Crippen molar-refractivity contribution in [3.05, 3.63) is 71.7 Å². The maximum Gasteiger partial charge on any atom is 0.355 e. The van der Waals surface area contributed by atoms with Crippen molar-refractivity contribution in [1.29, 1.82) is 0 Å². The van der Waals surface area contributed by atoms with E-state index in [-0.39, 0.29) is 18.0 Å². The second-order valence-electron chi connectivity index (χ2n) is 7.85. The molecule has 4 aromatic rings. The number of methoxy groups -OCH3 is 1. The Morgan fingerprint density at radius 2 is 1.84 bits per heavy atom. The van der Waals surface area contributed by atoms with E-state index in [2.05, 4.69) is 20.7 Å². The molecule has 3 N–H and O–H groups in total. The van der Waals surface area contributed by atoms with Crippen LogP contribution in [0.1, 0.15) is 17.4 Å². The van der Waals surface area contributed by atoms with Crippen LogP contribution in [0, 0.1) is 12.7 Å². The van der Waals surface area contributed by atoms with E-state index in [0.717, 1.165) is 0 Å². The molecule has 2 aromatic carbocycles. The Bertz CT molecular complexity index is 1460. The number of aromatic nitrogens is 3. The third kappa shape index (κ3) is 6.40. The van der Waals surface area contributed by atoms with E-state index in [0.29, 0.717) is 34.2 Å². The molecule has 0 saturated carbocycles. The molecule has 4 rings (SSSR count). The zero-order valence-corrected chi connectivity index (χ0v) is 20.4. The van der Waals surface area contributed by atoms with Crippen LogP contribution >= 0.6 is 0 Å². The number of anilines is 3. The van der Waals surface area contributed by atoms with Gasteiger partial charge in [0.05, 0.1) is 18.0 Å². The maximum atomic E-state index is 13.4. The number of rotatable bonds is 11. The number of alkyl halides is 2. The molecule has 1 unspecified atom stereocenters. The van der Waals surface area contributed by atoms with Crippen molar-refractivity contribution in [1.82, 2.24) is 15.4 Å². The van der Waals surface area contributed by atoms with Crippen molar-refractivity contribution in [2.45, 2.75) is 18.8 Å². The second-order valence-corrected chi connectivity index (χ2v) is 9.50. The molecule has 0 aliphatic rings. The van der Waals surface area contributed by atoms with Gasteiger partial charge >= 0.3 is 5.76 Å². The molecule has 14 heteroatoms. The molecule has 0 bridgehead atoms. The van der Waals surface area contributed by atoms with Crippen molar-refractivity contribution in [2.24, 2.45) is 0 Å². The van der Waals surface area contributed by atoms with Crippen LogP contribution in [0.3, 0.4) is 0 Å². The highest BCUT2D eigenvalue weighted by molar-refractivity contribution is 7.93. The number of halogens is 3. The molecule has 2 aromatic heterocycles. The zero-order valence-electron chi connectivity index (χ0n) is 19.5. The molecule has 37 heavy (non-hydrogen) atoms. The number of H-pyrrole nitrogens is 1. The highest BCUT2D eigenvalue weighted by atomic mass is 32.2. The molecular weight excluding hydrogens is 515 g/mol. The van der Waals surface area contributed by atoms with Crippen molar-refractivity contribution in [3.8, 4) is 17.0 Å². The molecule has 0 aliphatic carbocycles. The first-order valence-corrected chi connectivity index (χ1v) is 12.3. The number of aryl methyl sites for hydroxylation is 1. The molecular formula is C23H22F3N5O5S. The van der Waals surface area contributed by atoms with E-state index >= 15 is 0 Å². The topological polar surface area (TPSA) is 131 Å². The Kier molecular flexibility index (Phi) is 7.69. The SMILES string of the molecule is COCC(Oc1cc(-c2cc(Nc3cc(C)on3)n[nH]2)ccc1NS(=O)(=O)C(F)F)c1ccc(F)cc1. The largest absolute Gasteiger partial charge is 0.481 e. The minimum atomic E-state index is -4.99. The molecule has 0 radical (unpaired) electrons. The fraction of sp³-hybridized carbons (Fsp3) is 0.217. The van der Waals surface area contributed by atoms with Gasteiger partial charge in [-0.25, -0.2) is 12.8 Å². The van der Waals surface area contributed by atoms with Crippen molar-refractivity contribution in [3.63, 3.8) is 0 Å². The molecule has 0 fully saturated rings. The summed E-state index contributed by atoms with van der Waals surface area (Å²) in [6, 6.07) is 13.0. The number of ether oxygens (including phenoxy) is 2. The van der Waals surface area contributed by atoms with E-state index < -0.39 is 27.7 Å². The third-order valence-electron chi connectivity index (χ3n) is 5.07. The molecule has 0 saturated heterocycles. The number of hydrogen-bond donors (Lipinski definition) is 3. The van der Waals surface area contributed by atoms with Crippen LogP contribution < -0.4 is 14.8 Å². The van der Waals surface area contributed by atoms with E-state index in [1.807, 2.05) is 4.72 Å². The predicted octanol–water partition coefficient (Wildman–Crippen LogP) is 4.99. The third-order valence-corrected chi connectivity index (χ3v) is 6.04. The number of hydrogen-bond acceptors (Lipinski definition) is 8.